The maximum Gasteiger partial charge on any atom is 0.249 e. The van der Waals surface area contributed by atoms with Crippen molar-refractivity contribution in [3.8, 4) is 0 Å². The van der Waals surface area contributed by atoms with Gasteiger partial charge in [0.25, 0.3) is 0 Å². The summed E-state index contributed by atoms with van der Waals surface area (Å²) >= 11 is 0. The molecule has 31 heteroatoms. The molecule has 0 aromatic carbocycles. The average Bonchev–Trinajstić information content (AvgIpc) is 3.74. The van der Waals surface area contributed by atoms with E-state index in [4.69, 9.17) is 23.5 Å². The fourth-order valence-electron chi connectivity index (χ4n) is 6.94. The highest BCUT2D eigenvalue weighted by molar-refractivity contribution is 8.25. The van der Waals surface area contributed by atoms with Gasteiger partial charge >= 0.3 is 0 Å². The van der Waals surface area contributed by atoms with E-state index in [9.17, 15) is 73.2 Å². The van der Waals surface area contributed by atoms with Crippen molar-refractivity contribution in [1.82, 2.24) is 41.6 Å². The van der Waals surface area contributed by atoms with Crippen LogP contribution in [-0.4, -0.2) is 177 Å². The number of aryl methyl sites for hydroxylation is 2. The van der Waals surface area contributed by atoms with E-state index in [1.54, 1.807) is 10.9 Å². The van der Waals surface area contributed by atoms with Gasteiger partial charge in [-0.15, -0.1) is 5.10 Å². The number of aromatic nitrogens is 3. The first-order valence-corrected chi connectivity index (χ1v) is 25.3. The summed E-state index contributed by atoms with van der Waals surface area (Å²) in [5.74, 6) is -5.57. The minimum atomic E-state index is -6.11. The van der Waals surface area contributed by atoms with Gasteiger partial charge in [0.05, 0.1) is 30.9 Å². The van der Waals surface area contributed by atoms with Crippen LogP contribution in [0.25, 0.3) is 0 Å². The number of carbonyl (C=O) groups is 6. The average molecular weight is 1020 g/mol. The molecule has 1 aromatic rings. The van der Waals surface area contributed by atoms with Gasteiger partial charge in [-0.3, -0.25) is 42.3 Å². The minimum absolute atomic E-state index is 0.0551. The van der Waals surface area contributed by atoms with Crippen molar-refractivity contribution in [2.45, 2.75) is 159 Å². The molecule has 2 saturated heterocycles. The summed E-state index contributed by atoms with van der Waals surface area (Å²) in [7, 11) is -11.4. The van der Waals surface area contributed by atoms with E-state index >= 15 is 0 Å². The number of carboxylic acids is 1. The van der Waals surface area contributed by atoms with Crippen LogP contribution in [0.3, 0.4) is 0 Å². The number of aliphatic hydroxyl groups excluding tert-OH is 4. The standard InChI is InChI=1S/C37H64N8O21P2/c1-7-22-15-45(44-43-22)14-9-8-11-23(35(55)56)42-26(50)12-10-13-38-33(53)18(2)39-34(54)19(3)62-32-28(41-21(5)49)37(66-68(59,60)67(57,58)61-6)64-25(17-47)31(32)65-36-27(40-20(4)48)30(52)29(51)24(16-46)63-36/h15,18-19,23-25,27-32,36-37,46-47,51-52H,7-14,16-17H2,1-6H3,(H,38,53)(H,39,54)(H,40,48)(H,41,49)(H,42,50)(H,55,56)(H,57,58)(H,59,60)/p-3/t18-,19+,23+,24+,25+,27+,28+,29+,30+,31?,32+,36-,37+/m0/s1. The lowest BCUT2D eigenvalue weighted by atomic mass is 9.94. The van der Waals surface area contributed by atoms with Crippen molar-refractivity contribution in [3.05, 3.63) is 11.9 Å². The molecule has 0 bridgehead atoms. The van der Waals surface area contributed by atoms with Crippen LogP contribution in [-0.2, 0) is 78.9 Å². The molecule has 0 saturated carbocycles. The van der Waals surface area contributed by atoms with Crippen molar-refractivity contribution >= 4 is 50.1 Å². The molecular formula is C37H61N8O21P2-3. The number of amides is 5. The fourth-order valence-corrected chi connectivity index (χ4v) is 8.92. The number of nitrogens with zero attached hydrogens (tertiary/aromatic N) is 3. The summed E-state index contributed by atoms with van der Waals surface area (Å²) < 4.78 is 59.1. The summed E-state index contributed by atoms with van der Waals surface area (Å²) in [5.41, 5.74) is 0.815. The Labute approximate surface area is 390 Å². The summed E-state index contributed by atoms with van der Waals surface area (Å²) in [6.07, 6.45) is -13.3. The third-order valence-electron chi connectivity index (χ3n) is 10.6. The lowest BCUT2D eigenvalue weighted by Crippen LogP contribution is -2.70. The van der Waals surface area contributed by atoms with Crippen LogP contribution in [0.4, 0.5) is 0 Å². The Bertz CT molecular complexity index is 1970. The molecule has 1 aromatic heterocycles. The highest BCUT2D eigenvalue weighted by Gasteiger charge is 2.54. The number of aliphatic carboxylic acids is 1. The van der Waals surface area contributed by atoms with E-state index in [2.05, 4.69) is 41.4 Å². The number of ether oxygens (including phenoxy) is 4. The SMILES string of the molecule is CCc1cn(CCCC[C@@H](NC(=O)CCCNC(=O)[C@H](C)NC(=O)[C@@H](C)O[C@H]2C(O[C@@H]3O[C@H](CO)[C@@H](O)[C@H](O)[C@H]3NC(C)=O)[C@@H](CO)O[C@H](OP(=O)([O-])P(=O)([O-])OC)[C@@H]2NC(C)=O)C(=O)[O-])nn1. The summed E-state index contributed by atoms with van der Waals surface area (Å²) in [5, 5.41) is 73.3. The topological polar surface area (TPSA) is 433 Å². The van der Waals surface area contributed by atoms with Crippen molar-refractivity contribution in [1.29, 1.82) is 0 Å². The van der Waals surface area contributed by atoms with Crippen LogP contribution < -0.4 is 41.5 Å². The fraction of sp³-hybridized carbons (Fsp3) is 0.784. The zero-order chi connectivity index (χ0) is 51.1. The summed E-state index contributed by atoms with van der Waals surface area (Å²) in [4.78, 5) is 101. The molecule has 388 valence electrons. The molecule has 2 aliphatic heterocycles. The second kappa shape index (κ2) is 26.8. The van der Waals surface area contributed by atoms with Crippen molar-refractivity contribution in [3.63, 3.8) is 0 Å². The minimum Gasteiger partial charge on any atom is -0.772 e. The highest BCUT2D eigenvalue weighted by atomic mass is 32.1. The molecule has 3 heterocycles. The van der Waals surface area contributed by atoms with Crippen molar-refractivity contribution < 1.29 is 101 Å². The molecule has 3 unspecified atom stereocenters. The van der Waals surface area contributed by atoms with Crippen LogP contribution in [0.1, 0.15) is 72.4 Å². The molecule has 9 N–H and O–H groups in total. The van der Waals surface area contributed by atoms with Crippen LogP contribution >= 0.6 is 14.6 Å². The predicted molar refractivity (Wildman–Crippen MR) is 221 cm³/mol. The Kier molecular flexibility index (Phi) is 23.0. The second-order valence-corrected chi connectivity index (χ2v) is 21.2. The Hall–Kier alpha value is -4.06. The van der Waals surface area contributed by atoms with E-state index in [0.29, 0.717) is 32.9 Å². The van der Waals surface area contributed by atoms with E-state index in [0.717, 1.165) is 26.5 Å². The number of rotatable bonds is 27. The first-order chi connectivity index (χ1) is 31.9. The zero-order valence-electron chi connectivity index (χ0n) is 38.1. The molecule has 3 rings (SSSR count). The summed E-state index contributed by atoms with van der Waals surface area (Å²) in [6.45, 7) is 4.71. The Morgan fingerprint density at radius 2 is 1.50 bits per heavy atom. The van der Waals surface area contributed by atoms with E-state index in [-0.39, 0.29) is 25.8 Å². The number of aliphatic hydroxyl groups is 4. The van der Waals surface area contributed by atoms with Gasteiger partial charge in [0.2, 0.25) is 44.1 Å². The molecular weight excluding hydrogens is 954 g/mol. The molecule has 0 spiro atoms. The van der Waals surface area contributed by atoms with Gasteiger partial charge in [0.1, 0.15) is 60.9 Å². The van der Waals surface area contributed by atoms with Crippen molar-refractivity contribution in [2.75, 3.05) is 26.9 Å². The third kappa shape index (κ3) is 16.5. The van der Waals surface area contributed by atoms with Crippen LogP contribution in [0.15, 0.2) is 6.20 Å². The summed E-state index contributed by atoms with van der Waals surface area (Å²) in [6, 6.07) is -6.14. The van der Waals surface area contributed by atoms with Gasteiger partial charge in [0.15, 0.2) is 12.6 Å². The Morgan fingerprint density at radius 1 is 0.868 bits per heavy atom. The first kappa shape index (κ1) is 58.3. The quantitative estimate of drug-likeness (QED) is 0.0292. The number of carbonyl (C=O) groups excluding carboxylic acids is 6. The van der Waals surface area contributed by atoms with Gasteiger partial charge in [0, 0.05) is 46.7 Å². The monoisotopic (exact) mass is 1020 g/mol. The molecule has 2 fully saturated rings. The Morgan fingerprint density at radius 3 is 2.07 bits per heavy atom. The maximum atomic E-state index is 13.6. The van der Waals surface area contributed by atoms with Gasteiger partial charge in [-0.2, -0.15) is 0 Å². The van der Waals surface area contributed by atoms with E-state index < -0.39 is 143 Å². The molecule has 15 atom stereocenters. The van der Waals surface area contributed by atoms with Crippen LogP contribution in [0.2, 0.25) is 0 Å². The molecule has 29 nitrogen and oxygen atoms in total. The van der Waals surface area contributed by atoms with Crippen LogP contribution in [0.5, 0.6) is 0 Å². The van der Waals surface area contributed by atoms with Crippen LogP contribution in [0, 0.1) is 0 Å². The lowest BCUT2D eigenvalue weighted by molar-refractivity contribution is -0.334. The largest absolute Gasteiger partial charge is 0.772 e. The number of carboxylic acid groups (broad SMARTS) is 1. The molecule has 68 heavy (non-hydrogen) atoms. The first-order valence-electron chi connectivity index (χ1n) is 21.5. The Balaban J connectivity index is 1.74. The molecule has 0 aliphatic carbocycles. The number of hydrogen-bond donors (Lipinski definition) is 9. The van der Waals surface area contributed by atoms with Gasteiger partial charge < -0.3 is 90.2 Å². The molecule has 5 amide bonds. The number of unbranched alkanes of at least 4 members (excludes halogenated alkanes) is 1. The number of hydrogen-bond acceptors (Lipinski definition) is 23. The normalized spacial score (nSPS) is 28.1. The lowest BCUT2D eigenvalue weighted by Gasteiger charge is -2.50. The highest BCUT2D eigenvalue weighted by Crippen LogP contribution is 2.72. The van der Waals surface area contributed by atoms with Gasteiger partial charge in [-0.25, -0.2) is 0 Å². The third-order valence-corrected chi connectivity index (χ3v) is 14.7. The molecule has 2 aliphatic rings. The smallest absolute Gasteiger partial charge is 0.249 e. The van der Waals surface area contributed by atoms with Gasteiger partial charge in [-0.05, 0) is 46.0 Å². The van der Waals surface area contributed by atoms with E-state index in [1.807, 2.05) is 6.92 Å². The van der Waals surface area contributed by atoms with Gasteiger partial charge in [-0.1, -0.05) is 12.1 Å². The zero-order valence-corrected chi connectivity index (χ0v) is 39.9. The predicted octanol–water partition coefficient (Wildman–Crippen LogP) is -6.34. The van der Waals surface area contributed by atoms with Crippen molar-refractivity contribution in [2.24, 2.45) is 0 Å². The molecule has 0 radical (unpaired) electrons. The van der Waals surface area contributed by atoms with E-state index in [1.165, 1.54) is 6.92 Å². The number of nitrogens with one attached hydrogen (secondary N) is 5. The second-order valence-electron chi connectivity index (χ2n) is 15.8. The maximum absolute atomic E-state index is 13.6.